The maximum atomic E-state index is 12.7. The van der Waals surface area contributed by atoms with Crippen LogP contribution in [0.4, 0.5) is 0 Å². The molecule has 0 bridgehead atoms. The first kappa shape index (κ1) is 20.4. The third-order valence-corrected chi connectivity index (χ3v) is 5.38. The predicted molar refractivity (Wildman–Crippen MR) is 99.9 cm³/mol. The lowest BCUT2D eigenvalue weighted by atomic mass is 10.0. The van der Waals surface area contributed by atoms with Gasteiger partial charge in [0.2, 0.25) is 0 Å². The van der Waals surface area contributed by atoms with E-state index in [0.29, 0.717) is 22.4 Å². The van der Waals surface area contributed by atoms with E-state index in [2.05, 4.69) is 5.32 Å². The van der Waals surface area contributed by atoms with E-state index in [4.69, 9.17) is 4.74 Å². The van der Waals surface area contributed by atoms with Crippen molar-refractivity contribution in [2.45, 2.75) is 24.8 Å². The fourth-order valence-corrected chi connectivity index (χ4v) is 3.29. The van der Waals surface area contributed by atoms with Crippen LogP contribution < -0.4 is 10.1 Å². The third kappa shape index (κ3) is 4.65. The van der Waals surface area contributed by atoms with Gasteiger partial charge in [-0.1, -0.05) is 12.1 Å². The Morgan fingerprint density at radius 2 is 1.70 bits per heavy atom. The van der Waals surface area contributed by atoms with Gasteiger partial charge in [-0.15, -0.1) is 0 Å². The van der Waals surface area contributed by atoms with Gasteiger partial charge in [0.25, 0.3) is 5.91 Å². The first-order chi connectivity index (χ1) is 12.5. The van der Waals surface area contributed by atoms with Gasteiger partial charge in [-0.25, -0.2) is 13.2 Å². The lowest BCUT2D eigenvalue weighted by molar-refractivity contribution is -0.139. The average Bonchev–Trinajstić information content (AvgIpc) is 2.60. The molecule has 0 radical (unpaired) electrons. The number of hydrogen-bond acceptors (Lipinski definition) is 5. The van der Waals surface area contributed by atoms with Crippen molar-refractivity contribution in [3.63, 3.8) is 0 Å². The van der Waals surface area contributed by atoms with E-state index in [1.165, 1.54) is 19.2 Å². The Morgan fingerprint density at radius 1 is 1.11 bits per heavy atom. The Labute approximate surface area is 157 Å². The van der Waals surface area contributed by atoms with Crippen molar-refractivity contribution in [3.05, 3.63) is 58.7 Å². The minimum atomic E-state index is -3.51. The Morgan fingerprint density at radius 3 is 2.19 bits per heavy atom. The molecule has 1 amide bonds. The van der Waals surface area contributed by atoms with Gasteiger partial charge in [0, 0.05) is 11.8 Å². The van der Waals surface area contributed by atoms with E-state index in [0.717, 1.165) is 6.26 Å². The zero-order valence-electron chi connectivity index (χ0n) is 15.4. The van der Waals surface area contributed by atoms with E-state index in [1.54, 1.807) is 38.1 Å². The van der Waals surface area contributed by atoms with Crippen LogP contribution in [0.2, 0.25) is 0 Å². The van der Waals surface area contributed by atoms with Gasteiger partial charge >= 0.3 is 5.97 Å². The Hall–Kier alpha value is -2.87. The number of benzene rings is 2. The predicted octanol–water partition coefficient (Wildman–Crippen LogP) is 2.27. The van der Waals surface area contributed by atoms with Crippen molar-refractivity contribution in [2.75, 3.05) is 13.4 Å². The van der Waals surface area contributed by atoms with Crippen LogP contribution in [0.25, 0.3) is 0 Å². The van der Waals surface area contributed by atoms with Crippen LogP contribution in [0.1, 0.15) is 33.1 Å². The van der Waals surface area contributed by atoms with Gasteiger partial charge in [0.1, 0.15) is 5.75 Å². The molecule has 0 aromatic heterocycles. The number of sulfone groups is 1. The van der Waals surface area contributed by atoms with Crippen molar-refractivity contribution in [3.8, 4) is 5.75 Å². The Kier molecular flexibility index (Phi) is 5.90. The van der Waals surface area contributed by atoms with Crippen LogP contribution >= 0.6 is 0 Å². The van der Waals surface area contributed by atoms with E-state index in [9.17, 15) is 23.1 Å². The van der Waals surface area contributed by atoms with Crippen molar-refractivity contribution in [1.29, 1.82) is 0 Å². The number of carbonyl (C=O) groups is 2. The molecule has 1 unspecified atom stereocenters. The van der Waals surface area contributed by atoms with E-state index in [-0.39, 0.29) is 10.5 Å². The summed E-state index contributed by atoms with van der Waals surface area (Å²) in [5.41, 5.74) is 1.69. The summed E-state index contributed by atoms with van der Waals surface area (Å²) in [6.07, 6.45) is 1.05. The molecule has 0 spiro atoms. The number of carbonyl (C=O) groups excluding carboxylic acids is 1. The van der Waals surface area contributed by atoms with E-state index < -0.39 is 27.8 Å². The monoisotopic (exact) mass is 391 g/mol. The molecule has 2 N–H and O–H groups in total. The smallest absolute Gasteiger partial charge is 0.330 e. The molecule has 0 aliphatic carbocycles. The molecule has 0 aliphatic heterocycles. The topological polar surface area (TPSA) is 110 Å². The number of carboxylic acid groups (broad SMARTS) is 1. The lowest BCUT2D eigenvalue weighted by Gasteiger charge is -2.17. The molecule has 2 rings (SSSR count). The number of hydrogen-bond donors (Lipinski definition) is 2. The maximum Gasteiger partial charge on any atom is 0.330 e. The molecule has 0 saturated heterocycles. The van der Waals surface area contributed by atoms with E-state index in [1.807, 2.05) is 0 Å². The largest absolute Gasteiger partial charge is 0.497 e. The molecule has 7 nitrogen and oxygen atoms in total. The molecule has 27 heavy (non-hydrogen) atoms. The number of nitrogens with one attached hydrogen (secondary N) is 1. The minimum absolute atomic E-state index is 0.00655. The highest BCUT2D eigenvalue weighted by Gasteiger charge is 2.25. The minimum Gasteiger partial charge on any atom is -0.497 e. The second-order valence-corrected chi connectivity index (χ2v) is 8.22. The SMILES string of the molecule is COc1ccc(C(NC(=O)c2cc(S(C)(=O)=O)cc(C)c2C)C(=O)O)cc1. The zero-order valence-corrected chi connectivity index (χ0v) is 16.3. The Balaban J connectivity index is 2.41. The van der Waals surface area contributed by atoms with Crippen molar-refractivity contribution >= 4 is 21.7 Å². The number of rotatable bonds is 6. The van der Waals surface area contributed by atoms with Gasteiger partial charge in [-0.05, 0) is 54.8 Å². The molecule has 2 aromatic carbocycles. The van der Waals surface area contributed by atoms with Gasteiger partial charge in [0.05, 0.1) is 12.0 Å². The maximum absolute atomic E-state index is 12.7. The number of carboxylic acids is 1. The van der Waals surface area contributed by atoms with Crippen LogP contribution in [-0.4, -0.2) is 38.8 Å². The quantitative estimate of drug-likeness (QED) is 0.782. The highest BCUT2D eigenvalue weighted by atomic mass is 32.2. The third-order valence-electron chi connectivity index (χ3n) is 4.29. The second-order valence-electron chi connectivity index (χ2n) is 6.20. The molecule has 8 heteroatoms. The summed E-state index contributed by atoms with van der Waals surface area (Å²) in [7, 11) is -2.02. The second kappa shape index (κ2) is 7.79. The van der Waals surface area contributed by atoms with Crippen LogP contribution in [-0.2, 0) is 14.6 Å². The summed E-state index contributed by atoms with van der Waals surface area (Å²) in [6.45, 7) is 3.37. The molecular weight excluding hydrogens is 370 g/mol. The number of methoxy groups -OCH3 is 1. The lowest BCUT2D eigenvalue weighted by Crippen LogP contribution is -2.34. The molecule has 0 aliphatic rings. The number of aryl methyl sites for hydroxylation is 1. The fraction of sp³-hybridized carbons (Fsp3) is 0.263. The molecule has 1 atom stereocenters. The summed E-state index contributed by atoms with van der Waals surface area (Å²) in [6, 6.07) is 7.74. The summed E-state index contributed by atoms with van der Waals surface area (Å²) in [5.74, 6) is -1.34. The van der Waals surface area contributed by atoms with Crippen LogP contribution in [0, 0.1) is 13.8 Å². The molecule has 2 aromatic rings. The standard InChI is InChI=1S/C19H21NO6S/c1-11-9-15(27(4,24)25)10-16(12(11)2)18(21)20-17(19(22)23)13-5-7-14(26-3)8-6-13/h5-10,17H,1-4H3,(H,20,21)(H,22,23). The zero-order chi connectivity index (χ0) is 20.4. The fourth-order valence-electron chi connectivity index (χ4n) is 2.57. The normalized spacial score (nSPS) is 12.3. The number of amides is 1. The molecule has 0 saturated carbocycles. The first-order valence-corrected chi connectivity index (χ1v) is 9.92. The van der Waals surface area contributed by atoms with Crippen LogP contribution in [0.3, 0.4) is 0 Å². The highest BCUT2D eigenvalue weighted by Crippen LogP contribution is 2.22. The summed E-state index contributed by atoms with van der Waals surface area (Å²) >= 11 is 0. The van der Waals surface area contributed by atoms with Gasteiger partial charge in [0.15, 0.2) is 15.9 Å². The van der Waals surface area contributed by atoms with Crippen molar-refractivity contribution < 1.29 is 27.9 Å². The average molecular weight is 391 g/mol. The van der Waals surface area contributed by atoms with Gasteiger partial charge in [-0.3, -0.25) is 4.79 Å². The van der Waals surface area contributed by atoms with Gasteiger partial charge in [-0.2, -0.15) is 0 Å². The van der Waals surface area contributed by atoms with Crippen molar-refractivity contribution in [2.24, 2.45) is 0 Å². The number of aliphatic carboxylic acids is 1. The van der Waals surface area contributed by atoms with Crippen LogP contribution in [0.15, 0.2) is 41.3 Å². The Bertz CT molecular complexity index is 980. The molecule has 0 fully saturated rings. The van der Waals surface area contributed by atoms with Crippen molar-refractivity contribution in [1.82, 2.24) is 5.32 Å². The highest BCUT2D eigenvalue weighted by molar-refractivity contribution is 7.90. The first-order valence-electron chi connectivity index (χ1n) is 8.03. The molecular formula is C19H21NO6S. The number of ether oxygens (including phenoxy) is 1. The molecule has 0 heterocycles. The molecule has 144 valence electrons. The summed E-state index contributed by atoms with van der Waals surface area (Å²) in [5, 5.41) is 12.0. The van der Waals surface area contributed by atoms with Crippen LogP contribution in [0.5, 0.6) is 5.75 Å². The van der Waals surface area contributed by atoms with Gasteiger partial charge < -0.3 is 15.2 Å². The summed E-state index contributed by atoms with van der Waals surface area (Å²) in [4.78, 5) is 24.4. The summed E-state index contributed by atoms with van der Waals surface area (Å²) < 4.78 is 28.7. The van der Waals surface area contributed by atoms with E-state index >= 15 is 0 Å².